The number of pyridine rings is 1. The maximum Gasteiger partial charge on any atom is 0.136 e. The van der Waals surface area contributed by atoms with Crippen molar-refractivity contribution >= 4 is 21.9 Å². The van der Waals surface area contributed by atoms with E-state index in [-0.39, 0.29) is 0 Å². The van der Waals surface area contributed by atoms with Crippen LogP contribution in [-0.4, -0.2) is 4.98 Å². The van der Waals surface area contributed by atoms with Crippen LogP contribution < -0.4 is 0 Å². The molecule has 0 bridgehead atoms. The molecule has 2 heteroatoms. The largest absolute Gasteiger partial charge is 0.456 e. The Morgan fingerprint density at radius 2 is 0.639 bits per heavy atom. The molecule has 9 aromatic carbocycles. The minimum absolute atomic E-state index is 0.888. The fourth-order valence-corrected chi connectivity index (χ4v) is 8.78. The number of hydrogen-bond donors (Lipinski definition) is 0. The van der Waals surface area contributed by atoms with Crippen LogP contribution >= 0.6 is 0 Å². The first-order valence-electron chi connectivity index (χ1n) is 20.8. The number of rotatable bonds is 8. The van der Waals surface area contributed by atoms with Crippen LogP contribution in [0.5, 0.6) is 0 Å². The lowest BCUT2D eigenvalue weighted by Gasteiger charge is -2.18. The van der Waals surface area contributed by atoms with Crippen LogP contribution in [0.3, 0.4) is 0 Å². The SMILES string of the molecule is c1ccc(-c2ccccc2-c2cc(-c3ccccc3-c3ccccc3)cc(-c3ccccc3-c3ccc(-c4cc(-c5ccc6c(c5)oc5ccccc56)ccn4)cc3)c2)cc1. The summed E-state index contributed by atoms with van der Waals surface area (Å²) in [7, 11) is 0. The maximum atomic E-state index is 6.22. The van der Waals surface area contributed by atoms with Crippen molar-refractivity contribution in [1.29, 1.82) is 0 Å². The lowest BCUT2D eigenvalue weighted by molar-refractivity contribution is 0.669. The highest BCUT2D eigenvalue weighted by Gasteiger charge is 2.17. The van der Waals surface area contributed by atoms with Gasteiger partial charge in [0.1, 0.15) is 11.2 Å². The highest BCUT2D eigenvalue weighted by molar-refractivity contribution is 6.06. The van der Waals surface area contributed by atoms with Crippen LogP contribution in [0.2, 0.25) is 0 Å². The zero-order valence-corrected chi connectivity index (χ0v) is 33.4. The third-order valence-electron chi connectivity index (χ3n) is 11.8. The quantitative estimate of drug-likeness (QED) is 0.154. The van der Waals surface area contributed by atoms with Crippen LogP contribution in [0, 0.1) is 0 Å². The number of para-hydroxylation sites is 1. The molecule has 2 nitrogen and oxygen atoms in total. The van der Waals surface area contributed by atoms with Crippen LogP contribution in [0.15, 0.2) is 241 Å². The topological polar surface area (TPSA) is 26.0 Å². The first kappa shape index (κ1) is 36.0. The molecule has 2 heterocycles. The first-order chi connectivity index (χ1) is 30.2. The first-order valence-corrected chi connectivity index (χ1v) is 20.8. The van der Waals surface area contributed by atoms with E-state index < -0.39 is 0 Å². The summed E-state index contributed by atoms with van der Waals surface area (Å²) in [5, 5.41) is 2.26. The Labute approximate surface area is 355 Å². The molecule has 286 valence electrons. The van der Waals surface area contributed by atoms with Gasteiger partial charge in [0, 0.05) is 22.5 Å². The van der Waals surface area contributed by atoms with Gasteiger partial charge in [-0.15, -0.1) is 0 Å². The fourth-order valence-electron chi connectivity index (χ4n) is 8.78. The van der Waals surface area contributed by atoms with Crippen molar-refractivity contribution in [3.05, 3.63) is 237 Å². The second kappa shape index (κ2) is 15.6. The molecule has 0 aliphatic carbocycles. The monoisotopic (exact) mass is 777 g/mol. The third kappa shape index (κ3) is 6.90. The number of fused-ring (bicyclic) bond motifs is 3. The summed E-state index contributed by atoms with van der Waals surface area (Å²) in [6.07, 6.45) is 1.90. The summed E-state index contributed by atoms with van der Waals surface area (Å²) in [6, 6.07) is 82.5. The molecule has 0 aliphatic heterocycles. The molecule has 0 fully saturated rings. The van der Waals surface area contributed by atoms with Crippen LogP contribution in [0.4, 0.5) is 0 Å². The van der Waals surface area contributed by atoms with Gasteiger partial charge in [-0.3, -0.25) is 4.98 Å². The van der Waals surface area contributed by atoms with Gasteiger partial charge in [-0.1, -0.05) is 182 Å². The summed E-state index contributed by atoms with van der Waals surface area (Å²) in [5.41, 5.74) is 20.2. The van der Waals surface area contributed by atoms with E-state index >= 15 is 0 Å². The normalized spacial score (nSPS) is 11.3. The molecule has 0 radical (unpaired) electrons. The average molecular weight is 778 g/mol. The summed E-state index contributed by atoms with van der Waals surface area (Å²) in [5.74, 6) is 0. The highest BCUT2D eigenvalue weighted by Crippen LogP contribution is 2.42. The predicted molar refractivity (Wildman–Crippen MR) is 255 cm³/mol. The van der Waals surface area contributed by atoms with E-state index in [9.17, 15) is 0 Å². The van der Waals surface area contributed by atoms with Gasteiger partial charge < -0.3 is 4.42 Å². The van der Waals surface area contributed by atoms with E-state index in [1.807, 2.05) is 18.3 Å². The minimum atomic E-state index is 0.888. The van der Waals surface area contributed by atoms with E-state index in [1.165, 1.54) is 55.6 Å². The van der Waals surface area contributed by atoms with Gasteiger partial charge in [0.05, 0.1) is 5.69 Å². The molecular weight excluding hydrogens is 739 g/mol. The second-order valence-corrected chi connectivity index (χ2v) is 15.5. The van der Waals surface area contributed by atoms with Crippen molar-refractivity contribution in [2.45, 2.75) is 0 Å². The number of benzene rings is 9. The molecular formula is C59H39NO. The molecule has 0 atom stereocenters. The van der Waals surface area contributed by atoms with Crippen molar-refractivity contribution in [2.24, 2.45) is 0 Å². The fraction of sp³-hybridized carbons (Fsp3) is 0. The molecule has 0 unspecified atom stereocenters. The Kier molecular flexibility index (Phi) is 9.22. The number of furan rings is 1. The smallest absolute Gasteiger partial charge is 0.136 e. The molecule has 0 saturated carbocycles. The molecule has 0 N–H and O–H groups in total. The van der Waals surface area contributed by atoms with Crippen LogP contribution in [0.1, 0.15) is 0 Å². The summed E-state index contributed by atoms with van der Waals surface area (Å²) in [6.45, 7) is 0. The Bertz CT molecular complexity index is 3240. The Balaban J connectivity index is 0.995. The molecule has 0 aliphatic rings. The van der Waals surface area contributed by atoms with Gasteiger partial charge in [0.2, 0.25) is 0 Å². The second-order valence-electron chi connectivity index (χ2n) is 15.5. The molecule has 0 saturated heterocycles. The van der Waals surface area contributed by atoms with Crippen molar-refractivity contribution < 1.29 is 4.42 Å². The van der Waals surface area contributed by atoms with Gasteiger partial charge in [0.25, 0.3) is 0 Å². The van der Waals surface area contributed by atoms with E-state index in [0.29, 0.717) is 0 Å². The number of nitrogens with zero attached hydrogens (tertiary/aromatic N) is 1. The van der Waals surface area contributed by atoms with Crippen molar-refractivity contribution in [3.8, 4) is 89.1 Å². The Hall–Kier alpha value is -8.07. The lowest BCUT2D eigenvalue weighted by atomic mass is 9.86. The Morgan fingerprint density at radius 1 is 0.246 bits per heavy atom. The van der Waals surface area contributed by atoms with Crippen molar-refractivity contribution in [1.82, 2.24) is 4.98 Å². The number of aromatic nitrogens is 1. The summed E-state index contributed by atoms with van der Waals surface area (Å²) in [4.78, 5) is 4.81. The summed E-state index contributed by atoms with van der Waals surface area (Å²) < 4.78 is 6.22. The van der Waals surface area contributed by atoms with Crippen LogP contribution in [-0.2, 0) is 0 Å². The molecule has 2 aromatic heterocycles. The highest BCUT2D eigenvalue weighted by atomic mass is 16.3. The molecule has 11 aromatic rings. The zero-order chi connectivity index (χ0) is 40.5. The van der Waals surface area contributed by atoms with Gasteiger partial charge >= 0.3 is 0 Å². The molecule has 11 rings (SSSR count). The standard InChI is InChI=1S/C59H39NO/c1-3-15-40(16-4-1)49-19-7-10-22-52(49)46-35-47(53-23-11-8-20-50(53)41-17-5-2-6-18-41)37-48(36-46)54-24-12-9-21-51(54)42-27-29-43(30-28-42)57-38-45(33-34-60-57)44-31-32-56-55-25-13-14-26-58(55)61-59(56)39-44/h1-39H. The summed E-state index contributed by atoms with van der Waals surface area (Å²) >= 11 is 0. The predicted octanol–water partition coefficient (Wildman–Crippen LogP) is 16.3. The van der Waals surface area contributed by atoms with E-state index in [4.69, 9.17) is 9.40 Å². The zero-order valence-electron chi connectivity index (χ0n) is 33.4. The maximum absolute atomic E-state index is 6.22. The van der Waals surface area contributed by atoms with Gasteiger partial charge in [-0.2, -0.15) is 0 Å². The average Bonchev–Trinajstić information content (AvgIpc) is 3.72. The van der Waals surface area contributed by atoms with Crippen molar-refractivity contribution in [3.63, 3.8) is 0 Å². The molecule has 61 heavy (non-hydrogen) atoms. The van der Waals surface area contributed by atoms with E-state index in [1.54, 1.807) is 0 Å². The molecule has 0 amide bonds. The van der Waals surface area contributed by atoms with E-state index in [2.05, 4.69) is 218 Å². The van der Waals surface area contributed by atoms with Gasteiger partial charge in [-0.25, -0.2) is 0 Å². The minimum Gasteiger partial charge on any atom is -0.456 e. The van der Waals surface area contributed by atoms with Gasteiger partial charge in [-0.05, 0) is 126 Å². The lowest BCUT2D eigenvalue weighted by Crippen LogP contribution is -1.92. The number of hydrogen-bond acceptors (Lipinski definition) is 2. The Morgan fingerprint density at radius 3 is 1.18 bits per heavy atom. The molecule has 0 spiro atoms. The van der Waals surface area contributed by atoms with Gasteiger partial charge in [0.15, 0.2) is 0 Å². The van der Waals surface area contributed by atoms with Crippen molar-refractivity contribution in [2.75, 3.05) is 0 Å². The van der Waals surface area contributed by atoms with E-state index in [0.717, 1.165) is 55.4 Å². The van der Waals surface area contributed by atoms with Crippen LogP contribution in [0.25, 0.3) is 111 Å². The third-order valence-corrected chi connectivity index (χ3v) is 11.8.